The number of rotatable bonds is 6. The molecule has 0 spiro atoms. The van der Waals surface area contributed by atoms with Gasteiger partial charge in [-0.2, -0.15) is 0 Å². The van der Waals surface area contributed by atoms with E-state index >= 15 is 0 Å². The van der Waals surface area contributed by atoms with E-state index in [2.05, 4.69) is 33.0 Å². The average molecular weight is 225 g/mol. The first kappa shape index (κ1) is 14.0. The minimum absolute atomic E-state index is 0.554. The normalized spacial score (nSPS) is 29.2. The van der Waals surface area contributed by atoms with Gasteiger partial charge >= 0.3 is 0 Å². The van der Waals surface area contributed by atoms with E-state index in [1.807, 2.05) is 0 Å². The van der Waals surface area contributed by atoms with E-state index in [4.69, 9.17) is 0 Å². The predicted octanol–water partition coefficient (Wildman–Crippen LogP) is 4.37. The van der Waals surface area contributed by atoms with Crippen LogP contribution >= 0.6 is 0 Å². The van der Waals surface area contributed by atoms with E-state index in [1.165, 1.54) is 51.5 Å². The molecule has 1 rings (SSSR count). The SMILES string of the molecule is CCCCCCNC1CC(C)CC(C)(C)C1. The van der Waals surface area contributed by atoms with Crippen LogP contribution in [0.5, 0.6) is 0 Å². The van der Waals surface area contributed by atoms with Crippen molar-refractivity contribution in [2.24, 2.45) is 11.3 Å². The zero-order valence-corrected chi connectivity index (χ0v) is 11.8. The number of hydrogen-bond acceptors (Lipinski definition) is 1. The summed E-state index contributed by atoms with van der Waals surface area (Å²) in [6.45, 7) is 10.8. The number of unbranched alkanes of at least 4 members (excludes halogenated alkanes) is 3. The highest BCUT2D eigenvalue weighted by Crippen LogP contribution is 2.38. The zero-order valence-electron chi connectivity index (χ0n) is 11.8. The Hall–Kier alpha value is -0.0400. The topological polar surface area (TPSA) is 12.0 Å². The average Bonchev–Trinajstić information content (AvgIpc) is 2.14. The molecule has 0 aromatic heterocycles. The maximum absolute atomic E-state index is 3.77. The molecule has 96 valence electrons. The Labute approximate surface area is 102 Å². The molecule has 1 aliphatic rings. The molecule has 0 aliphatic heterocycles. The van der Waals surface area contributed by atoms with Crippen molar-refractivity contribution in [1.29, 1.82) is 0 Å². The molecule has 0 saturated heterocycles. The zero-order chi connectivity index (χ0) is 12.0. The number of hydrogen-bond donors (Lipinski definition) is 1. The van der Waals surface area contributed by atoms with Gasteiger partial charge < -0.3 is 5.32 Å². The van der Waals surface area contributed by atoms with Crippen LogP contribution in [-0.4, -0.2) is 12.6 Å². The Balaban J connectivity index is 2.16. The van der Waals surface area contributed by atoms with Gasteiger partial charge in [0, 0.05) is 6.04 Å². The van der Waals surface area contributed by atoms with Crippen LogP contribution in [0.3, 0.4) is 0 Å². The Morgan fingerprint density at radius 2 is 1.88 bits per heavy atom. The molecule has 1 aliphatic carbocycles. The second-order valence-corrected chi connectivity index (χ2v) is 6.63. The highest BCUT2D eigenvalue weighted by atomic mass is 14.9. The summed E-state index contributed by atoms with van der Waals surface area (Å²) < 4.78 is 0. The highest BCUT2D eigenvalue weighted by molar-refractivity contribution is 4.86. The molecule has 0 bridgehead atoms. The molecule has 2 unspecified atom stereocenters. The first-order valence-corrected chi connectivity index (χ1v) is 7.27. The van der Waals surface area contributed by atoms with Crippen LogP contribution in [0.15, 0.2) is 0 Å². The second kappa shape index (κ2) is 6.64. The summed E-state index contributed by atoms with van der Waals surface area (Å²) in [6, 6.07) is 0.778. The van der Waals surface area contributed by atoms with Crippen LogP contribution in [0.2, 0.25) is 0 Å². The summed E-state index contributed by atoms with van der Waals surface area (Å²) in [5, 5.41) is 3.77. The fourth-order valence-electron chi connectivity index (χ4n) is 3.36. The molecule has 1 heteroatoms. The van der Waals surface area contributed by atoms with Gasteiger partial charge in [0.05, 0.1) is 0 Å². The van der Waals surface area contributed by atoms with Gasteiger partial charge in [0.25, 0.3) is 0 Å². The maximum atomic E-state index is 3.77. The summed E-state index contributed by atoms with van der Waals surface area (Å²) in [5.74, 6) is 0.900. The Morgan fingerprint density at radius 1 is 1.12 bits per heavy atom. The van der Waals surface area contributed by atoms with Crippen LogP contribution in [0, 0.1) is 11.3 Å². The molecule has 0 radical (unpaired) electrons. The third-order valence-corrected chi connectivity index (χ3v) is 3.85. The molecule has 16 heavy (non-hydrogen) atoms. The highest BCUT2D eigenvalue weighted by Gasteiger charge is 2.31. The summed E-state index contributed by atoms with van der Waals surface area (Å²) >= 11 is 0. The van der Waals surface area contributed by atoms with Gasteiger partial charge in [0.1, 0.15) is 0 Å². The lowest BCUT2D eigenvalue weighted by molar-refractivity contribution is 0.151. The quantitative estimate of drug-likeness (QED) is 0.662. The summed E-state index contributed by atoms with van der Waals surface area (Å²) in [7, 11) is 0. The smallest absolute Gasteiger partial charge is 0.00746 e. The van der Waals surface area contributed by atoms with Gasteiger partial charge in [-0.25, -0.2) is 0 Å². The van der Waals surface area contributed by atoms with Gasteiger partial charge in [0.2, 0.25) is 0 Å². The van der Waals surface area contributed by atoms with Crippen molar-refractivity contribution in [3.05, 3.63) is 0 Å². The largest absolute Gasteiger partial charge is 0.314 e. The molecular weight excluding hydrogens is 194 g/mol. The maximum Gasteiger partial charge on any atom is 0.00746 e. The molecular formula is C15H31N. The molecule has 0 heterocycles. The van der Waals surface area contributed by atoms with Gasteiger partial charge in [-0.15, -0.1) is 0 Å². The first-order chi connectivity index (χ1) is 7.53. The predicted molar refractivity (Wildman–Crippen MR) is 72.7 cm³/mol. The van der Waals surface area contributed by atoms with Gasteiger partial charge in [0.15, 0.2) is 0 Å². The summed E-state index contributed by atoms with van der Waals surface area (Å²) in [5.41, 5.74) is 0.554. The monoisotopic (exact) mass is 225 g/mol. The fraction of sp³-hybridized carbons (Fsp3) is 1.00. The van der Waals surface area contributed by atoms with E-state index in [-0.39, 0.29) is 0 Å². The van der Waals surface area contributed by atoms with E-state index < -0.39 is 0 Å². The van der Waals surface area contributed by atoms with Crippen LogP contribution < -0.4 is 5.32 Å². The van der Waals surface area contributed by atoms with Crippen LogP contribution in [0.1, 0.15) is 72.6 Å². The van der Waals surface area contributed by atoms with Crippen molar-refractivity contribution in [2.75, 3.05) is 6.54 Å². The lowest BCUT2D eigenvalue weighted by Gasteiger charge is -2.39. The van der Waals surface area contributed by atoms with Gasteiger partial charge in [-0.1, -0.05) is 47.0 Å². The lowest BCUT2D eigenvalue weighted by atomic mass is 9.70. The summed E-state index contributed by atoms with van der Waals surface area (Å²) in [4.78, 5) is 0. The Kier molecular flexibility index (Phi) is 5.82. The number of nitrogens with one attached hydrogen (secondary N) is 1. The molecule has 1 fully saturated rings. The van der Waals surface area contributed by atoms with Crippen molar-refractivity contribution in [3.8, 4) is 0 Å². The van der Waals surface area contributed by atoms with Crippen LogP contribution in [0.25, 0.3) is 0 Å². The van der Waals surface area contributed by atoms with E-state index in [1.54, 1.807) is 0 Å². The van der Waals surface area contributed by atoms with Crippen molar-refractivity contribution in [3.63, 3.8) is 0 Å². The van der Waals surface area contributed by atoms with Crippen LogP contribution in [-0.2, 0) is 0 Å². The molecule has 1 saturated carbocycles. The third kappa shape index (κ3) is 5.34. The van der Waals surface area contributed by atoms with E-state index in [0.29, 0.717) is 5.41 Å². The van der Waals surface area contributed by atoms with E-state index in [9.17, 15) is 0 Å². The first-order valence-electron chi connectivity index (χ1n) is 7.27. The lowest BCUT2D eigenvalue weighted by Crippen LogP contribution is -2.40. The Bertz CT molecular complexity index is 186. The van der Waals surface area contributed by atoms with Crippen molar-refractivity contribution in [1.82, 2.24) is 5.32 Å². The second-order valence-electron chi connectivity index (χ2n) is 6.63. The molecule has 1 nitrogen and oxygen atoms in total. The fourth-order valence-corrected chi connectivity index (χ4v) is 3.36. The Morgan fingerprint density at radius 3 is 2.50 bits per heavy atom. The third-order valence-electron chi connectivity index (χ3n) is 3.85. The summed E-state index contributed by atoms with van der Waals surface area (Å²) in [6.07, 6.45) is 9.65. The molecule has 0 aromatic rings. The molecule has 1 N–H and O–H groups in total. The minimum Gasteiger partial charge on any atom is -0.314 e. The van der Waals surface area contributed by atoms with Crippen molar-refractivity contribution >= 4 is 0 Å². The van der Waals surface area contributed by atoms with E-state index in [0.717, 1.165) is 12.0 Å². The van der Waals surface area contributed by atoms with Crippen LogP contribution in [0.4, 0.5) is 0 Å². The molecule has 2 atom stereocenters. The standard InChI is InChI=1S/C15H31N/c1-5-6-7-8-9-16-14-10-13(2)11-15(3,4)12-14/h13-14,16H,5-12H2,1-4H3. The minimum atomic E-state index is 0.554. The van der Waals surface area contributed by atoms with Crippen molar-refractivity contribution in [2.45, 2.75) is 78.7 Å². The van der Waals surface area contributed by atoms with Crippen molar-refractivity contribution < 1.29 is 0 Å². The van der Waals surface area contributed by atoms with Gasteiger partial charge in [-0.05, 0) is 43.6 Å². The van der Waals surface area contributed by atoms with Gasteiger partial charge in [-0.3, -0.25) is 0 Å². The molecule has 0 amide bonds. The molecule has 0 aromatic carbocycles.